The topological polar surface area (TPSA) is 79.9 Å². The minimum atomic E-state index is -0.513. The summed E-state index contributed by atoms with van der Waals surface area (Å²) in [6.07, 6.45) is -0.372. The van der Waals surface area contributed by atoms with E-state index in [1.54, 1.807) is 0 Å². The van der Waals surface area contributed by atoms with Crippen molar-refractivity contribution in [2.24, 2.45) is 0 Å². The van der Waals surface area contributed by atoms with Crippen LogP contribution < -0.4 is 15.5 Å². The molecule has 0 unspecified atom stereocenters. The molecule has 3 aromatic carbocycles. The Bertz CT molecular complexity index is 1240. The molecule has 7 heteroatoms. The molecular weight excluding hydrogens is 454 g/mol. The Labute approximate surface area is 211 Å². The van der Waals surface area contributed by atoms with Gasteiger partial charge in [0, 0.05) is 43.5 Å². The van der Waals surface area contributed by atoms with Crippen LogP contribution in [0.2, 0.25) is 0 Å². The molecule has 1 aliphatic heterocycles. The van der Waals surface area contributed by atoms with Crippen LogP contribution in [-0.2, 0) is 20.7 Å². The Kier molecular flexibility index (Phi) is 6.91. The first-order chi connectivity index (χ1) is 17.5. The molecular formula is C29H31N3O4. The van der Waals surface area contributed by atoms with Crippen LogP contribution >= 0.6 is 0 Å². The average molecular weight is 486 g/mol. The Hall–Kier alpha value is -3.84. The average Bonchev–Trinajstić information content (AvgIpc) is 3.23. The fourth-order valence-corrected chi connectivity index (χ4v) is 5.15. The molecule has 186 valence electrons. The van der Waals surface area contributed by atoms with Gasteiger partial charge < -0.3 is 19.7 Å². The van der Waals surface area contributed by atoms with Gasteiger partial charge in [0.1, 0.15) is 6.61 Å². The first-order valence-electron chi connectivity index (χ1n) is 12.3. The van der Waals surface area contributed by atoms with Crippen molar-refractivity contribution in [3.05, 3.63) is 82.9 Å². The van der Waals surface area contributed by atoms with Crippen LogP contribution in [0.5, 0.6) is 0 Å². The number of rotatable bonds is 6. The van der Waals surface area contributed by atoms with Crippen LogP contribution in [0, 0.1) is 6.92 Å². The molecule has 1 aliphatic carbocycles. The van der Waals surface area contributed by atoms with E-state index in [4.69, 9.17) is 9.47 Å². The number of nitrogens with zero attached hydrogens (tertiary/aromatic N) is 1. The normalized spacial score (nSPS) is 14.7. The van der Waals surface area contributed by atoms with Crippen molar-refractivity contribution < 1.29 is 19.1 Å². The van der Waals surface area contributed by atoms with Gasteiger partial charge in [-0.25, -0.2) is 4.79 Å². The number of benzene rings is 3. The Balaban J connectivity index is 1.35. The quantitative estimate of drug-likeness (QED) is 0.501. The number of carbonyl (C=O) groups is 2. The molecule has 7 nitrogen and oxygen atoms in total. The van der Waals surface area contributed by atoms with E-state index in [-0.39, 0.29) is 24.9 Å². The maximum Gasteiger partial charge on any atom is 0.411 e. The number of fused-ring (bicyclic) bond motifs is 3. The minimum absolute atomic E-state index is 0.00804. The molecule has 0 spiro atoms. The fraction of sp³-hybridized carbons (Fsp3) is 0.310. The zero-order valence-electron chi connectivity index (χ0n) is 20.7. The zero-order valence-corrected chi connectivity index (χ0v) is 20.7. The summed E-state index contributed by atoms with van der Waals surface area (Å²) in [6, 6.07) is 20.5. The van der Waals surface area contributed by atoms with E-state index in [9.17, 15) is 9.59 Å². The lowest BCUT2D eigenvalue weighted by atomic mass is 9.98. The third-order valence-electron chi connectivity index (χ3n) is 7.13. The third-order valence-corrected chi connectivity index (χ3v) is 7.13. The summed E-state index contributed by atoms with van der Waals surface area (Å²) in [5.41, 5.74) is 7.98. The van der Waals surface area contributed by atoms with Crippen LogP contribution in [-0.4, -0.2) is 52.0 Å². The van der Waals surface area contributed by atoms with Crippen molar-refractivity contribution in [2.45, 2.75) is 19.3 Å². The number of amides is 1. The SMILES string of the molecule is COC(=O)Cc1cc(N2CCNCC2)cc(NC(=O)OCC2c3ccccc3-c3ccccc32)c1C. The van der Waals surface area contributed by atoms with Gasteiger partial charge in [-0.1, -0.05) is 48.5 Å². The number of hydrogen-bond donors (Lipinski definition) is 2. The summed E-state index contributed by atoms with van der Waals surface area (Å²) in [5.74, 6) is -0.325. The smallest absolute Gasteiger partial charge is 0.411 e. The summed E-state index contributed by atoms with van der Waals surface area (Å²) in [6.45, 7) is 5.62. The summed E-state index contributed by atoms with van der Waals surface area (Å²) in [7, 11) is 1.38. The second-order valence-electron chi connectivity index (χ2n) is 9.22. The summed E-state index contributed by atoms with van der Waals surface area (Å²) < 4.78 is 10.7. The van der Waals surface area contributed by atoms with E-state index < -0.39 is 6.09 Å². The number of carbonyl (C=O) groups excluding carboxylic acids is 2. The molecule has 0 atom stereocenters. The number of hydrogen-bond acceptors (Lipinski definition) is 6. The van der Waals surface area contributed by atoms with E-state index in [1.165, 1.54) is 29.4 Å². The Morgan fingerprint density at radius 2 is 1.64 bits per heavy atom. The molecule has 0 bridgehead atoms. The second kappa shape index (κ2) is 10.4. The van der Waals surface area contributed by atoms with Crippen molar-refractivity contribution in [3.63, 3.8) is 0 Å². The van der Waals surface area contributed by atoms with Gasteiger partial charge in [-0.05, 0) is 52.4 Å². The number of methoxy groups -OCH3 is 1. The Morgan fingerprint density at radius 1 is 1.00 bits per heavy atom. The van der Waals surface area contributed by atoms with Gasteiger partial charge in [0.15, 0.2) is 0 Å². The molecule has 2 N–H and O–H groups in total. The molecule has 2 aliphatic rings. The van der Waals surface area contributed by atoms with Crippen LogP contribution in [0.3, 0.4) is 0 Å². The summed E-state index contributed by atoms with van der Waals surface area (Å²) in [5, 5.41) is 6.29. The van der Waals surface area contributed by atoms with Gasteiger partial charge >= 0.3 is 12.1 Å². The maximum absolute atomic E-state index is 13.0. The molecule has 1 heterocycles. The van der Waals surface area contributed by atoms with Crippen LogP contribution in [0.4, 0.5) is 16.2 Å². The molecule has 1 fully saturated rings. The van der Waals surface area contributed by atoms with Crippen molar-refractivity contribution >= 4 is 23.4 Å². The van der Waals surface area contributed by atoms with E-state index in [2.05, 4.69) is 39.8 Å². The van der Waals surface area contributed by atoms with E-state index in [1.807, 2.05) is 43.3 Å². The van der Waals surface area contributed by atoms with Gasteiger partial charge in [-0.15, -0.1) is 0 Å². The van der Waals surface area contributed by atoms with E-state index in [0.717, 1.165) is 43.0 Å². The zero-order chi connectivity index (χ0) is 25.1. The van der Waals surface area contributed by atoms with Crippen molar-refractivity contribution in [3.8, 4) is 11.1 Å². The lowest BCUT2D eigenvalue weighted by Gasteiger charge is -2.30. The lowest BCUT2D eigenvalue weighted by molar-refractivity contribution is -0.139. The maximum atomic E-state index is 13.0. The third kappa shape index (κ3) is 4.79. The van der Waals surface area contributed by atoms with E-state index in [0.29, 0.717) is 5.69 Å². The van der Waals surface area contributed by atoms with Gasteiger partial charge in [0.2, 0.25) is 0 Å². The molecule has 5 rings (SSSR count). The van der Waals surface area contributed by atoms with E-state index >= 15 is 0 Å². The summed E-state index contributed by atoms with van der Waals surface area (Å²) >= 11 is 0. The lowest BCUT2D eigenvalue weighted by Crippen LogP contribution is -2.43. The summed E-state index contributed by atoms with van der Waals surface area (Å²) in [4.78, 5) is 27.3. The highest BCUT2D eigenvalue weighted by Crippen LogP contribution is 2.44. The fourth-order valence-electron chi connectivity index (χ4n) is 5.15. The predicted octanol–water partition coefficient (Wildman–Crippen LogP) is 4.48. The number of piperazine rings is 1. The van der Waals surface area contributed by atoms with Gasteiger partial charge in [-0.2, -0.15) is 0 Å². The number of nitrogens with one attached hydrogen (secondary N) is 2. The largest absolute Gasteiger partial charge is 0.469 e. The number of anilines is 2. The minimum Gasteiger partial charge on any atom is -0.469 e. The highest BCUT2D eigenvalue weighted by Gasteiger charge is 2.29. The number of ether oxygens (including phenoxy) is 2. The molecule has 0 radical (unpaired) electrons. The van der Waals surface area contributed by atoms with Gasteiger partial charge in [0.05, 0.1) is 13.5 Å². The first-order valence-corrected chi connectivity index (χ1v) is 12.3. The molecule has 3 aromatic rings. The highest BCUT2D eigenvalue weighted by atomic mass is 16.5. The molecule has 36 heavy (non-hydrogen) atoms. The molecule has 1 saturated heterocycles. The van der Waals surface area contributed by atoms with Gasteiger partial charge in [0.25, 0.3) is 0 Å². The van der Waals surface area contributed by atoms with Crippen LogP contribution in [0.15, 0.2) is 60.7 Å². The molecule has 0 aromatic heterocycles. The van der Waals surface area contributed by atoms with Gasteiger partial charge in [-0.3, -0.25) is 10.1 Å². The number of esters is 1. The van der Waals surface area contributed by atoms with Crippen molar-refractivity contribution in [1.29, 1.82) is 0 Å². The standard InChI is InChI=1S/C29H31N3O4/c1-19-20(16-28(33)35-2)15-21(32-13-11-30-12-14-32)17-27(19)31-29(34)36-18-26-24-9-5-3-7-22(24)23-8-4-6-10-25(23)26/h3-10,15,17,26,30H,11-14,16,18H2,1-2H3,(H,31,34). The monoisotopic (exact) mass is 485 g/mol. The second-order valence-corrected chi connectivity index (χ2v) is 9.22. The first kappa shape index (κ1) is 23.9. The van der Waals surface area contributed by atoms with Crippen molar-refractivity contribution in [2.75, 3.05) is 50.1 Å². The molecule has 1 amide bonds. The molecule has 0 saturated carbocycles. The predicted molar refractivity (Wildman–Crippen MR) is 141 cm³/mol. The van der Waals surface area contributed by atoms with Crippen LogP contribution in [0.25, 0.3) is 11.1 Å². The highest BCUT2D eigenvalue weighted by molar-refractivity contribution is 5.88. The van der Waals surface area contributed by atoms with Crippen molar-refractivity contribution in [1.82, 2.24) is 5.32 Å². The Morgan fingerprint density at radius 3 is 2.28 bits per heavy atom. The van der Waals surface area contributed by atoms with Crippen LogP contribution in [0.1, 0.15) is 28.2 Å².